The summed E-state index contributed by atoms with van der Waals surface area (Å²) in [6, 6.07) is 15.3. The molecule has 4 rings (SSSR count). The first kappa shape index (κ1) is 17.2. The summed E-state index contributed by atoms with van der Waals surface area (Å²) >= 11 is 0.935. The number of aromatic nitrogens is 2. The highest BCUT2D eigenvalue weighted by atomic mass is 32.1. The molecule has 27 heavy (non-hydrogen) atoms. The maximum absolute atomic E-state index is 12.8. The Kier molecular flexibility index (Phi) is 4.16. The number of hydrogen-bond acceptors (Lipinski definition) is 4. The van der Waals surface area contributed by atoms with Crippen LogP contribution in [-0.4, -0.2) is 20.2 Å². The first-order chi connectivity index (χ1) is 13.0. The van der Waals surface area contributed by atoms with Crippen LogP contribution in [0.1, 0.15) is 15.2 Å². The Morgan fingerprint density at radius 1 is 1.07 bits per heavy atom. The SMILES string of the molecule is Cn1c(=O)n(CCc2cccc3ccccc23)c(=O)c2cc(C(=O)O)sc21. The fourth-order valence-electron chi connectivity index (χ4n) is 3.33. The van der Waals surface area contributed by atoms with Crippen LogP contribution in [0.25, 0.3) is 21.0 Å². The van der Waals surface area contributed by atoms with Gasteiger partial charge in [-0.3, -0.25) is 13.9 Å². The van der Waals surface area contributed by atoms with Gasteiger partial charge >= 0.3 is 11.7 Å². The molecule has 0 saturated carbocycles. The Labute approximate surface area is 157 Å². The van der Waals surface area contributed by atoms with E-state index in [2.05, 4.69) is 0 Å². The van der Waals surface area contributed by atoms with Crippen molar-refractivity contribution in [3.8, 4) is 0 Å². The summed E-state index contributed by atoms with van der Waals surface area (Å²) < 4.78 is 2.53. The van der Waals surface area contributed by atoms with Crippen molar-refractivity contribution in [3.05, 3.63) is 79.8 Å². The Hall–Kier alpha value is -3.19. The number of hydrogen-bond donors (Lipinski definition) is 1. The van der Waals surface area contributed by atoms with Crippen molar-refractivity contribution in [1.82, 2.24) is 9.13 Å². The van der Waals surface area contributed by atoms with Crippen molar-refractivity contribution in [2.24, 2.45) is 7.05 Å². The fourth-order valence-corrected chi connectivity index (χ4v) is 4.27. The zero-order valence-corrected chi connectivity index (χ0v) is 15.3. The Morgan fingerprint density at radius 3 is 2.59 bits per heavy atom. The molecule has 0 atom stereocenters. The van der Waals surface area contributed by atoms with Crippen LogP contribution in [0.2, 0.25) is 0 Å². The van der Waals surface area contributed by atoms with Gasteiger partial charge in [-0.15, -0.1) is 11.3 Å². The number of carboxylic acid groups (broad SMARTS) is 1. The van der Waals surface area contributed by atoms with Gasteiger partial charge in [0.05, 0.1) is 5.39 Å². The van der Waals surface area contributed by atoms with Crippen LogP contribution in [-0.2, 0) is 20.0 Å². The second kappa shape index (κ2) is 6.51. The molecule has 0 fully saturated rings. The van der Waals surface area contributed by atoms with Crippen LogP contribution in [0.3, 0.4) is 0 Å². The lowest BCUT2D eigenvalue weighted by Crippen LogP contribution is -2.39. The molecule has 7 heteroatoms. The summed E-state index contributed by atoms with van der Waals surface area (Å²) in [7, 11) is 1.56. The van der Waals surface area contributed by atoms with E-state index in [9.17, 15) is 19.5 Å². The summed E-state index contributed by atoms with van der Waals surface area (Å²) in [5.41, 5.74) is 0.169. The van der Waals surface area contributed by atoms with Crippen molar-refractivity contribution < 1.29 is 9.90 Å². The number of carbonyl (C=O) groups is 1. The van der Waals surface area contributed by atoms with E-state index in [0.29, 0.717) is 11.3 Å². The Morgan fingerprint density at radius 2 is 1.81 bits per heavy atom. The highest BCUT2D eigenvalue weighted by Gasteiger charge is 2.17. The maximum Gasteiger partial charge on any atom is 0.345 e. The molecule has 1 N–H and O–H groups in total. The molecule has 0 spiro atoms. The zero-order valence-electron chi connectivity index (χ0n) is 14.5. The van der Waals surface area contributed by atoms with E-state index in [1.54, 1.807) is 7.05 Å². The van der Waals surface area contributed by atoms with Gasteiger partial charge in [-0.2, -0.15) is 0 Å². The molecule has 6 nitrogen and oxygen atoms in total. The summed E-state index contributed by atoms with van der Waals surface area (Å²) in [5, 5.41) is 11.6. The van der Waals surface area contributed by atoms with Gasteiger partial charge in [-0.25, -0.2) is 9.59 Å². The van der Waals surface area contributed by atoms with Gasteiger partial charge in [0.25, 0.3) is 5.56 Å². The van der Waals surface area contributed by atoms with E-state index in [4.69, 9.17) is 0 Å². The predicted molar refractivity (Wildman–Crippen MR) is 106 cm³/mol. The number of fused-ring (bicyclic) bond motifs is 2. The first-order valence-corrected chi connectivity index (χ1v) is 9.22. The molecule has 2 aromatic carbocycles. The van der Waals surface area contributed by atoms with Gasteiger partial charge in [-0.05, 0) is 28.8 Å². The van der Waals surface area contributed by atoms with Crippen molar-refractivity contribution in [3.63, 3.8) is 0 Å². The summed E-state index contributed by atoms with van der Waals surface area (Å²) in [4.78, 5) is 37.1. The predicted octanol–water partition coefficient (Wildman–Crippen LogP) is 2.86. The molecule has 4 aromatic rings. The van der Waals surface area contributed by atoms with Gasteiger partial charge in [-0.1, -0.05) is 42.5 Å². The van der Waals surface area contributed by atoms with E-state index in [0.717, 1.165) is 27.7 Å². The van der Waals surface area contributed by atoms with E-state index < -0.39 is 17.2 Å². The molecular formula is C20H16N2O4S. The Bertz CT molecular complexity index is 1310. The zero-order chi connectivity index (χ0) is 19.1. The monoisotopic (exact) mass is 380 g/mol. The van der Waals surface area contributed by atoms with Crippen LogP contribution in [0.15, 0.2) is 58.1 Å². The number of aryl methyl sites for hydroxylation is 2. The normalized spacial score (nSPS) is 11.3. The fraction of sp³-hybridized carbons (Fsp3) is 0.150. The number of benzene rings is 2. The lowest BCUT2D eigenvalue weighted by molar-refractivity contribution is 0.0702. The van der Waals surface area contributed by atoms with E-state index in [1.807, 2.05) is 42.5 Å². The second-order valence-corrected chi connectivity index (χ2v) is 7.35. The number of aromatic carboxylic acids is 1. The van der Waals surface area contributed by atoms with Crippen LogP contribution in [0, 0.1) is 0 Å². The largest absolute Gasteiger partial charge is 0.477 e. The van der Waals surface area contributed by atoms with Crippen molar-refractivity contribution >= 4 is 38.3 Å². The molecule has 0 bridgehead atoms. The number of nitrogens with zero attached hydrogens (tertiary/aromatic N) is 2. The van der Waals surface area contributed by atoms with Crippen molar-refractivity contribution in [2.75, 3.05) is 0 Å². The third kappa shape index (κ3) is 2.86. The number of carboxylic acids is 1. The minimum Gasteiger partial charge on any atom is -0.477 e. The van der Waals surface area contributed by atoms with Gasteiger partial charge < -0.3 is 5.11 Å². The van der Waals surface area contributed by atoms with Crippen LogP contribution in [0.4, 0.5) is 0 Å². The Balaban J connectivity index is 1.79. The molecule has 0 aliphatic carbocycles. The van der Waals surface area contributed by atoms with Gasteiger partial charge in [0.15, 0.2) is 0 Å². The van der Waals surface area contributed by atoms with Gasteiger partial charge in [0.1, 0.15) is 9.71 Å². The smallest absolute Gasteiger partial charge is 0.345 e. The van der Waals surface area contributed by atoms with Crippen molar-refractivity contribution in [2.45, 2.75) is 13.0 Å². The highest BCUT2D eigenvalue weighted by molar-refractivity contribution is 7.20. The van der Waals surface area contributed by atoms with Crippen LogP contribution >= 0.6 is 11.3 Å². The maximum atomic E-state index is 12.8. The molecule has 0 amide bonds. The highest BCUT2D eigenvalue weighted by Crippen LogP contribution is 2.22. The molecule has 136 valence electrons. The average Bonchev–Trinajstić information content (AvgIpc) is 3.12. The summed E-state index contributed by atoms with van der Waals surface area (Å²) in [6.07, 6.45) is 0.526. The van der Waals surface area contributed by atoms with Crippen LogP contribution in [0.5, 0.6) is 0 Å². The molecular weight excluding hydrogens is 364 g/mol. The lowest BCUT2D eigenvalue weighted by atomic mass is 10.0. The summed E-state index contributed by atoms with van der Waals surface area (Å²) in [5.74, 6) is -1.11. The second-order valence-electron chi connectivity index (χ2n) is 6.32. The van der Waals surface area contributed by atoms with Crippen LogP contribution < -0.4 is 11.2 Å². The molecule has 2 heterocycles. The van der Waals surface area contributed by atoms with E-state index in [-0.39, 0.29) is 16.8 Å². The molecule has 0 unspecified atom stereocenters. The third-order valence-corrected chi connectivity index (χ3v) is 5.91. The number of rotatable bonds is 4. The molecule has 0 aliphatic heterocycles. The topological polar surface area (TPSA) is 81.3 Å². The third-order valence-electron chi connectivity index (χ3n) is 4.71. The van der Waals surface area contributed by atoms with Gasteiger partial charge in [0.2, 0.25) is 0 Å². The molecule has 0 saturated heterocycles. The molecule has 0 radical (unpaired) electrons. The molecule has 2 aromatic heterocycles. The average molecular weight is 380 g/mol. The first-order valence-electron chi connectivity index (χ1n) is 8.40. The number of thiophene rings is 1. The van der Waals surface area contributed by atoms with E-state index in [1.165, 1.54) is 15.2 Å². The van der Waals surface area contributed by atoms with Crippen molar-refractivity contribution in [1.29, 1.82) is 0 Å². The molecule has 0 aliphatic rings. The standard InChI is InChI=1S/C20H16N2O4S/c1-21-18-15(11-16(27-18)19(24)25)17(23)22(20(21)26)10-9-13-7-4-6-12-5-2-3-8-14(12)13/h2-8,11H,9-10H2,1H3,(H,24,25). The minimum atomic E-state index is -1.11. The van der Waals surface area contributed by atoms with Gasteiger partial charge in [0, 0.05) is 13.6 Å². The lowest BCUT2D eigenvalue weighted by Gasteiger charge is -2.10. The summed E-state index contributed by atoms with van der Waals surface area (Å²) in [6.45, 7) is 0.230. The van der Waals surface area contributed by atoms with E-state index >= 15 is 0 Å². The minimum absolute atomic E-state index is 0.0453. The quantitative estimate of drug-likeness (QED) is 0.590.